The van der Waals surface area contributed by atoms with Crippen LogP contribution in [0.1, 0.15) is 94.3 Å². The predicted octanol–water partition coefficient (Wildman–Crippen LogP) is 7.30. The van der Waals surface area contributed by atoms with Gasteiger partial charge >= 0.3 is 0 Å². The maximum atomic E-state index is 12.3. The molecule has 2 aromatic rings. The Hall–Kier alpha value is -1.66. The number of aryl methyl sites for hydroxylation is 1. The van der Waals surface area contributed by atoms with E-state index in [9.17, 15) is 4.79 Å². The minimum atomic E-state index is -0.0852. The van der Waals surface area contributed by atoms with Crippen molar-refractivity contribution in [3.63, 3.8) is 0 Å². The van der Waals surface area contributed by atoms with Crippen molar-refractivity contribution in [2.45, 2.75) is 84.7 Å². The van der Waals surface area contributed by atoms with E-state index in [0.29, 0.717) is 8.58 Å². The highest BCUT2D eigenvalue weighted by atomic mass is 31.1. The van der Waals surface area contributed by atoms with Crippen molar-refractivity contribution in [1.29, 1.82) is 0 Å². The van der Waals surface area contributed by atoms with Crippen molar-refractivity contribution in [3.8, 4) is 5.75 Å². The molecule has 0 bridgehead atoms. The molecule has 2 aromatic carbocycles. The van der Waals surface area contributed by atoms with Gasteiger partial charge in [-0.25, -0.2) is 0 Å². The monoisotopic (exact) mass is 426 g/mol. The van der Waals surface area contributed by atoms with Crippen LogP contribution in [0.5, 0.6) is 5.75 Å². The molecule has 2 unspecified atom stereocenters. The van der Waals surface area contributed by atoms with Crippen LogP contribution >= 0.6 is 8.58 Å². The van der Waals surface area contributed by atoms with Gasteiger partial charge in [-0.15, -0.1) is 0 Å². The topological polar surface area (TPSA) is 26.3 Å². The molecule has 0 aliphatic rings. The number of rotatable bonds is 9. The summed E-state index contributed by atoms with van der Waals surface area (Å²) in [6.07, 6.45) is 4.66. The standard InChI is InChI=1S/C27H39O2P/c1-9-10-13-16-27(7,30-24-15-12-11-14-22(24)20(3)28)23-18-21(26(4,5)6)17-19(2)25(23)29-8/h11-12,14-15,17-18,30H,9-10,13,16H2,1-8H3. The lowest BCUT2D eigenvalue weighted by Crippen LogP contribution is -2.24. The number of Topliss-reactive ketones (excluding diaryl/α,β-unsaturated/α-hetero) is 1. The van der Waals surface area contributed by atoms with Crippen molar-refractivity contribution < 1.29 is 9.53 Å². The first-order chi connectivity index (χ1) is 14.0. The van der Waals surface area contributed by atoms with Gasteiger partial charge in [0.05, 0.1) is 7.11 Å². The molecule has 0 heterocycles. The van der Waals surface area contributed by atoms with Gasteiger partial charge < -0.3 is 4.74 Å². The third kappa shape index (κ3) is 5.73. The number of unbranched alkanes of at least 4 members (excludes halogenated alkanes) is 2. The Morgan fingerprint density at radius 1 is 1.07 bits per heavy atom. The van der Waals surface area contributed by atoms with Gasteiger partial charge in [-0.1, -0.05) is 98.9 Å². The van der Waals surface area contributed by atoms with Crippen LogP contribution < -0.4 is 10.0 Å². The molecule has 0 fully saturated rings. The van der Waals surface area contributed by atoms with E-state index in [1.54, 1.807) is 14.0 Å². The summed E-state index contributed by atoms with van der Waals surface area (Å²) < 4.78 is 5.95. The Labute approximate surface area is 185 Å². The molecule has 0 saturated carbocycles. The Kier molecular flexibility index (Phi) is 8.28. The zero-order valence-corrected chi connectivity index (χ0v) is 21.1. The summed E-state index contributed by atoms with van der Waals surface area (Å²) in [5, 5.41) is 1.07. The molecular formula is C27H39O2P. The highest BCUT2D eigenvalue weighted by Gasteiger charge is 2.33. The average molecular weight is 427 g/mol. The molecule has 3 heteroatoms. The third-order valence-electron chi connectivity index (χ3n) is 5.94. The highest BCUT2D eigenvalue weighted by Crippen LogP contribution is 2.50. The average Bonchev–Trinajstić information content (AvgIpc) is 2.67. The van der Waals surface area contributed by atoms with E-state index in [1.165, 1.54) is 36.0 Å². The molecule has 0 spiro atoms. The zero-order chi connectivity index (χ0) is 22.5. The highest BCUT2D eigenvalue weighted by molar-refractivity contribution is 7.48. The van der Waals surface area contributed by atoms with Crippen LogP contribution in [0.15, 0.2) is 36.4 Å². The van der Waals surface area contributed by atoms with Crippen LogP contribution in [0.2, 0.25) is 0 Å². The maximum Gasteiger partial charge on any atom is 0.160 e. The second-order valence-corrected chi connectivity index (χ2v) is 11.5. The summed E-state index contributed by atoms with van der Waals surface area (Å²) in [6.45, 7) is 15.2. The molecule has 30 heavy (non-hydrogen) atoms. The Balaban J connectivity index is 2.67. The normalized spacial score (nSPS) is 14.1. The number of benzene rings is 2. The van der Waals surface area contributed by atoms with E-state index < -0.39 is 0 Å². The minimum Gasteiger partial charge on any atom is -0.496 e. The first kappa shape index (κ1) is 24.6. The van der Waals surface area contributed by atoms with Gasteiger partial charge in [0, 0.05) is 16.3 Å². The van der Waals surface area contributed by atoms with E-state index >= 15 is 0 Å². The number of carbonyl (C=O) groups excluding carboxylic acids is 1. The van der Waals surface area contributed by atoms with E-state index in [2.05, 4.69) is 65.8 Å². The lowest BCUT2D eigenvalue weighted by molar-refractivity contribution is 0.101. The summed E-state index contributed by atoms with van der Waals surface area (Å²) in [4.78, 5) is 12.3. The molecule has 0 aliphatic carbocycles. The second-order valence-electron chi connectivity index (χ2n) is 9.64. The van der Waals surface area contributed by atoms with Crippen LogP contribution in [0.4, 0.5) is 0 Å². The van der Waals surface area contributed by atoms with Crippen LogP contribution in [0.3, 0.4) is 0 Å². The molecule has 0 aromatic heterocycles. The van der Waals surface area contributed by atoms with E-state index in [0.717, 1.165) is 23.0 Å². The molecule has 2 rings (SSSR count). The van der Waals surface area contributed by atoms with Crippen LogP contribution in [-0.4, -0.2) is 12.9 Å². The molecular weight excluding hydrogens is 387 g/mol. The molecule has 2 atom stereocenters. The molecule has 0 saturated heterocycles. The van der Waals surface area contributed by atoms with Gasteiger partial charge in [-0.2, -0.15) is 0 Å². The van der Waals surface area contributed by atoms with Gasteiger partial charge in [0.1, 0.15) is 5.75 Å². The van der Waals surface area contributed by atoms with E-state index in [4.69, 9.17) is 4.74 Å². The Morgan fingerprint density at radius 3 is 2.30 bits per heavy atom. The summed E-state index contributed by atoms with van der Waals surface area (Å²) in [5.74, 6) is 1.13. The minimum absolute atomic E-state index is 0.0660. The number of hydrogen-bond donors (Lipinski definition) is 0. The fourth-order valence-electron chi connectivity index (χ4n) is 4.08. The number of ketones is 1. The molecule has 2 nitrogen and oxygen atoms in total. The van der Waals surface area contributed by atoms with Crippen molar-refractivity contribution >= 4 is 19.7 Å². The van der Waals surface area contributed by atoms with E-state index in [1.807, 2.05) is 12.1 Å². The number of carbonyl (C=O) groups is 1. The van der Waals surface area contributed by atoms with Gasteiger partial charge in [-0.3, -0.25) is 4.79 Å². The van der Waals surface area contributed by atoms with Crippen LogP contribution in [0, 0.1) is 6.92 Å². The fourth-order valence-corrected chi connectivity index (χ4v) is 5.87. The summed E-state index contributed by atoms with van der Waals surface area (Å²) in [5.41, 5.74) is 4.72. The Bertz CT molecular complexity index is 879. The molecule has 0 radical (unpaired) electrons. The van der Waals surface area contributed by atoms with Gasteiger partial charge in [0.2, 0.25) is 0 Å². The molecule has 0 amide bonds. The number of methoxy groups -OCH3 is 1. The first-order valence-electron chi connectivity index (χ1n) is 11.1. The summed E-state index contributed by atoms with van der Waals surface area (Å²) >= 11 is 0. The summed E-state index contributed by atoms with van der Waals surface area (Å²) in [7, 11) is 2.28. The number of hydrogen-bond acceptors (Lipinski definition) is 2. The fraction of sp³-hybridized carbons (Fsp3) is 0.519. The quantitative estimate of drug-likeness (QED) is 0.239. The third-order valence-corrected chi connectivity index (χ3v) is 7.71. The van der Waals surface area contributed by atoms with Crippen molar-refractivity contribution in [2.24, 2.45) is 0 Å². The smallest absolute Gasteiger partial charge is 0.160 e. The lowest BCUT2D eigenvalue weighted by atomic mass is 9.82. The maximum absolute atomic E-state index is 12.3. The number of ether oxygens (including phenoxy) is 1. The SMILES string of the molecule is CCCCCC(C)(Pc1ccccc1C(C)=O)c1cc(C(C)(C)C)cc(C)c1OC. The van der Waals surface area contributed by atoms with Gasteiger partial charge in [-0.05, 0) is 42.1 Å². The zero-order valence-electron chi connectivity index (χ0n) is 20.1. The van der Waals surface area contributed by atoms with Crippen LogP contribution in [-0.2, 0) is 10.6 Å². The van der Waals surface area contributed by atoms with Crippen LogP contribution in [0.25, 0.3) is 0 Å². The van der Waals surface area contributed by atoms with Crippen molar-refractivity contribution in [3.05, 3.63) is 58.7 Å². The van der Waals surface area contributed by atoms with Gasteiger partial charge in [0.15, 0.2) is 5.78 Å². The predicted molar refractivity (Wildman–Crippen MR) is 132 cm³/mol. The molecule has 0 N–H and O–H groups in total. The van der Waals surface area contributed by atoms with E-state index in [-0.39, 0.29) is 16.4 Å². The Morgan fingerprint density at radius 2 is 1.73 bits per heavy atom. The lowest BCUT2D eigenvalue weighted by Gasteiger charge is -2.35. The first-order valence-corrected chi connectivity index (χ1v) is 12.1. The second kappa shape index (κ2) is 10.1. The summed E-state index contributed by atoms with van der Waals surface area (Å²) in [6, 6.07) is 12.7. The van der Waals surface area contributed by atoms with Gasteiger partial charge in [0.25, 0.3) is 0 Å². The van der Waals surface area contributed by atoms with Crippen molar-refractivity contribution in [2.75, 3.05) is 7.11 Å². The molecule has 0 aliphatic heterocycles. The molecule has 164 valence electrons. The largest absolute Gasteiger partial charge is 0.496 e. The van der Waals surface area contributed by atoms with Crippen molar-refractivity contribution in [1.82, 2.24) is 0 Å².